The second-order valence-electron chi connectivity index (χ2n) is 9.53. The first-order valence-electron chi connectivity index (χ1n) is 10.2. The molecule has 2 N–H and O–H groups in total. The van der Waals surface area contributed by atoms with Crippen LogP contribution in [0.25, 0.3) is 0 Å². The van der Waals surface area contributed by atoms with Gasteiger partial charge in [0.05, 0.1) is 5.69 Å². The number of oxazole rings is 1. The van der Waals surface area contributed by atoms with Crippen molar-refractivity contribution in [1.82, 2.24) is 4.98 Å². The van der Waals surface area contributed by atoms with Crippen molar-refractivity contribution in [1.29, 1.82) is 0 Å². The summed E-state index contributed by atoms with van der Waals surface area (Å²) in [5, 5.41) is 20.6. The largest absolute Gasteiger partial charge is 0.446 e. The summed E-state index contributed by atoms with van der Waals surface area (Å²) < 4.78 is 5.79. The van der Waals surface area contributed by atoms with Gasteiger partial charge in [-0.15, -0.1) is 0 Å². The molecule has 4 heteroatoms. The van der Waals surface area contributed by atoms with E-state index in [4.69, 9.17) is 4.42 Å². The number of fused-ring (bicyclic) bond motifs is 2. The van der Waals surface area contributed by atoms with Crippen molar-refractivity contribution in [3.8, 4) is 0 Å². The van der Waals surface area contributed by atoms with Gasteiger partial charge in [-0.1, -0.05) is 26.0 Å². The minimum Gasteiger partial charge on any atom is -0.446 e. The molecule has 0 aromatic carbocycles. The van der Waals surface area contributed by atoms with E-state index in [1.165, 1.54) is 5.57 Å². The van der Waals surface area contributed by atoms with Crippen LogP contribution < -0.4 is 0 Å². The van der Waals surface area contributed by atoms with E-state index in [1.54, 1.807) is 0 Å². The summed E-state index contributed by atoms with van der Waals surface area (Å²) in [4.78, 5) is 4.63. The Bertz CT molecular complexity index is 710. The standard InChI is InChI=1S/C22H33NO3/c1-13-5-6-17-16(12-25)18(7-8-21(13,17)3)22(4)10-19-20(9-15(22)11-24)26-14(2)23-19/h15-18,24-25H,1,5-12H2,2-4H3/t15-,16+,17+,18+,21-,22+/m1/s1. The van der Waals surface area contributed by atoms with Gasteiger partial charge in [0.2, 0.25) is 0 Å². The minimum absolute atomic E-state index is 0.0519. The number of hydrogen-bond acceptors (Lipinski definition) is 4. The first-order valence-corrected chi connectivity index (χ1v) is 10.2. The van der Waals surface area contributed by atoms with Gasteiger partial charge in [-0.25, -0.2) is 4.98 Å². The molecule has 2 saturated carbocycles. The molecule has 0 amide bonds. The molecule has 0 aliphatic heterocycles. The van der Waals surface area contributed by atoms with Crippen LogP contribution in [0.4, 0.5) is 0 Å². The lowest BCUT2D eigenvalue weighted by Crippen LogP contribution is -2.52. The molecule has 0 radical (unpaired) electrons. The molecule has 0 unspecified atom stereocenters. The minimum atomic E-state index is -0.0519. The molecule has 2 fully saturated rings. The maximum Gasteiger partial charge on any atom is 0.191 e. The van der Waals surface area contributed by atoms with Crippen molar-refractivity contribution in [2.75, 3.05) is 13.2 Å². The molecule has 6 atom stereocenters. The molecule has 144 valence electrons. The van der Waals surface area contributed by atoms with Crippen LogP contribution in [-0.2, 0) is 12.8 Å². The van der Waals surface area contributed by atoms with Crippen molar-refractivity contribution >= 4 is 0 Å². The first kappa shape index (κ1) is 18.2. The highest BCUT2D eigenvalue weighted by molar-refractivity contribution is 5.23. The van der Waals surface area contributed by atoms with E-state index < -0.39 is 0 Å². The zero-order chi connectivity index (χ0) is 18.7. The number of aliphatic hydroxyl groups excluding tert-OH is 2. The topological polar surface area (TPSA) is 66.5 Å². The number of aromatic nitrogens is 1. The third kappa shape index (κ3) is 2.45. The first-order chi connectivity index (χ1) is 12.3. The van der Waals surface area contributed by atoms with Crippen LogP contribution in [0.15, 0.2) is 16.6 Å². The Labute approximate surface area is 156 Å². The van der Waals surface area contributed by atoms with Crippen molar-refractivity contribution in [3.05, 3.63) is 29.5 Å². The summed E-state index contributed by atoms with van der Waals surface area (Å²) in [5.41, 5.74) is 2.57. The smallest absolute Gasteiger partial charge is 0.191 e. The zero-order valence-corrected chi connectivity index (χ0v) is 16.4. The number of aliphatic hydroxyl groups is 2. The summed E-state index contributed by atoms with van der Waals surface area (Å²) in [5.74, 6) is 3.03. The highest BCUT2D eigenvalue weighted by Gasteiger charge is 2.57. The lowest BCUT2D eigenvalue weighted by molar-refractivity contribution is -0.0752. The molecule has 4 nitrogen and oxygen atoms in total. The molecular formula is C22H33NO3. The van der Waals surface area contributed by atoms with E-state index in [0.29, 0.717) is 11.8 Å². The van der Waals surface area contributed by atoms with Crippen molar-refractivity contribution < 1.29 is 14.6 Å². The normalized spacial score (nSPS) is 42.6. The third-order valence-electron chi connectivity index (χ3n) is 8.47. The van der Waals surface area contributed by atoms with Crippen LogP contribution in [-0.4, -0.2) is 28.4 Å². The summed E-state index contributed by atoms with van der Waals surface area (Å²) in [7, 11) is 0. The third-order valence-corrected chi connectivity index (χ3v) is 8.47. The maximum atomic E-state index is 10.4. The molecule has 4 rings (SSSR count). The molecular weight excluding hydrogens is 326 g/mol. The van der Waals surface area contributed by atoms with Crippen molar-refractivity contribution in [3.63, 3.8) is 0 Å². The SMILES string of the molecule is C=C1CC[C@H]2[C@H](CO)[C@@H]([C@@]3(C)Cc4nc(C)oc4C[C@@H]3CO)CC[C@]12C. The van der Waals surface area contributed by atoms with E-state index in [1.807, 2.05) is 6.92 Å². The fraction of sp³-hybridized carbons (Fsp3) is 0.773. The summed E-state index contributed by atoms with van der Waals surface area (Å²) in [6.07, 6.45) is 6.08. The Morgan fingerprint density at radius 1 is 1.19 bits per heavy atom. The van der Waals surface area contributed by atoms with Crippen LogP contribution in [0.1, 0.15) is 56.9 Å². The van der Waals surface area contributed by atoms with Gasteiger partial charge in [-0.05, 0) is 66.6 Å². The van der Waals surface area contributed by atoms with E-state index in [2.05, 4.69) is 25.4 Å². The van der Waals surface area contributed by atoms with Crippen LogP contribution in [0, 0.1) is 41.4 Å². The second-order valence-corrected chi connectivity index (χ2v) is 9.53. The van der Waals surface area contributed by atoms with Crippen LogP contribution >= 0.6 is 0 Å². The Morgan fingerprint density at radius 2 is 1.96 bits per heavy atom. The summed E-state index contributed by atoms with van der Waals surface area (Å²) in [6, 6.07) is 0. The Morgan fingerprint density at radius 3 is 2.65 bits per heavy atom. The Kier molecular flexibility index (Phi) is 4.35. The fourth-order valence-corrected chi connectivity index (χ4v) is 6.75. The molecule has 3 aliphatic carbocycles. The molecule has 0 bridgehead atoms. The highest BCUT2D eigenvalue weighted by Crippen LogP contribution is 2.62. The molecule has 1 aromatic rings. The maximum absolute atomic E-state index is 10.4. The van der Waals surface area contributed by atoms with Crippen LogP contribution in [0.3, 0.4) is 0 Å². The van der Waals surface area contributed by atoms with Gasteiger partial charge in [0.1, 0.15) is 5.76 Å². The van der Waals surface area contributed by atoms with Gasteiger partial charge in [0.25, 0.3) is 0 Å². The molecule has 1 aromatic heterocycles. The van der Waals surface area contributed by atoms with E-state index >= 15 is 0 Å². The monoisotopic (exact) mass is 359 g/mol. The number of nitrogens with zero attached hydrogens (tertiary/aromatic N) is 1. The Balaban J connectivity index is 1.70. The van der Waals surface area contributed by atoms with Crippen molar-refractivity contribution in [2.45, 2.75) is 59.3 Å². The van der Waals surface area contributed by atoms with Gasteiger partial charge < -0.3 is 14.6 Å². The van der Waals surface area contributed by atoms with E-state index in [0.717, 1.165) is 55.9 Å². The van der Waals surface area contributed by atoms with Gasteiger partial charge in [0, 0.05) is 26.6 Å². The predicted molar refractivity (Wildman–Crippen MR) is 101 cm³/mol. The molecule has 0 spiro atoms. The van der Waals surface area contributed by atoms with Gasteiger partial charge in [-0.3, -0.25) is 0 Å². The second kappa shape index (κ2) is 6.20. The summed E-state index contributed by atoms with van der Waals surface area (Å²) >= 11 is 0. The van der Waals surface area contributed by atoms with Gasteiger partial charge in [0.15, 0.2) is 5.89 Å². The fourth-order valence-electron chi connectivity index (χ4n) is 6.75. The summed E-state index contributed by atoms with van der Waals surface area (Å²) in [6.45, 7) is 11.3. The lowest BCUT2D eigenvalue weighted by Gasteiger charge is -2.55. The number of allylic oxidation sites excluding steroid dienone is 1. The van der Waals surface area contributed by atoms with Crippen molar-refractivity contribution in [2.24, 2.45) is 34.5 Å². The molecule has 26 heavy (non-hydrogen) atoms. The van der Waals surface area contributed by atoms with Crippen LogP contribution in [0.5, 0.6) is 0 Å². The quantitative estimate of drug-likeness (QED) is 0.808. The molecule has 3 aliphatic rings. The molecule has 1 heterocycles. The Hall–Kier alpha value is -1.13. The van der Waals surface area contributed by atoms with E-state index in [-0.39, 0.29) is 35.9 Å². The van der Waals surface area contributed by atoms with Crippen LogP contribution in [0.2, 0.25) is 0 Å². The molecule has 0 saturated heterocycles. The van der Waals surface area contributed by atoms with Gasteiger partial charge >= 0.3 is 0 Å². The number of rotatable bonds is 3. The van der Waals surface area contributed by atoms with Gasteiger partial charge in [-0.2, -0.15) is 0 Å². The average molecular weight is 360 g/mol. The number of hydrogen-bond donors (Lipinski definition) is 2. The van der Waals surface area contributed by atoms with E-state index in [9.17, 15) is 10.2 Å². The average Bonchev–Trinajstić information content (AvgIpc) is 3.11. The highest BCUT2D eigenvalue weighted by atomic mass is 16.4. The number of aryl methyl sites for hydroxylation is 1. The lowest BCUT2D eigenvalue weighted by atomic mass is 9.50. The predicted octanol–water partition coefficient (Wildman–Crippen LogP) is 3.69. The zero-order valence-electron chi connectivity index (χ0n) is 16.4.